The van der Waals surface area contributed by atoms with E-state index in [-0.39, 0.29) is 6.17 Å². The van der Waals surface area contributed by atoms with E-state index in [1.165, 1.54) is 55.0 Å². The summed E-state index contributed by atoms with van der Waals surface area (Å²) in [6.07, 6.45) is 15.0. The highest BCUT2D eigenvalue weighted by molar-refractivity contribution is 6.19. The molecule has 7 aromatic rings. The zero-order chi connectivity index (χ0) is 31.6. The minimum absolute atomic E-state index is 0.245. The van der Waals surface area contributed by atoms with Crippen LogP contribution in [0.5, 0.6) is 0 Å². The van der Waals surface area contributed by atoms with Crippen LogP contribution in [0.25, 0.3) is 55.2 Å². The van der Waals surface area contributed by atoms with Crippen molar-refractivity contribution in [3.8, 4) is 5.69 Å². The Hall–Kier alpha value is -5.94. The van der Waals surface area contributed by atoms with Crippen LogP contribution < -0.4 is 5.32 Å². The lowest BCUT2D eigenvalue weighted by Crippen LogP contribution is -2.35. The molecule has 1 N–H and O–H groups in total. The van der Waals surface area contributed by atoms with Gasteiger partial charge in [-0.2, -0.15) is 4.99 Å². The number of nitrogens with zero attached hydrogens (tertiary/aromatic N) is 4. The van der Waals surface area contributed by atoms with E-state index in [9.17, 15) is 0 Å². The SMILES string of the molecule is C1=CCCC(C2=NC(n3c4ccccc4c4cc5ccc(-n6c7c(c8ccccc86)CCC=C7)cc5cc43)=NC(c3ccccc3)N2)=C1. The van der Waals surface area contributed by atoms with Gasteiger partial charge in [-0.05, 0) is 95.6 Å². The maximum atomic E-state index is 5.28. The van der Waals surface area contributed by atoms with E-state index in [1.807, 2.05) is 0 Å². The molecule has 0 radical (unpaired) electrons. The maximum absolute atomic E-state index is 5.28. The number of amidine groups is 1. The Bertz CT molecular complexity index is 2590. The molecule has 1 unspecified atom stereocenters. The summed E-state index contributed by atoms with van der Waals surface area (Å²) in [5, 5.41) is 9.81. The molecule has 2 aliphatic carbocycles. The summed E-state index contributed by atoms with van der Waals surface area (Å²) in [6, 6.07) is 39.5. The molecule has 5 heteroatoms. The van der Waals surface area contributed by atoms with Gasteiger partial charge < -0.3 is 9.88 Å². The second kappa shape index (κ2) is 10.8. The lowest BCUT2D eigenvalue weighted by atomic mass is 10.0. The number of aryl methyl sites for hydroxylation is 1. The van der Waals surface area contributed by atoms with Crippen LogP contribution in [0.2, 0.25) is 0 Å². The second-order valence-electron chi connectivity index (χ2n) is 12.9. The first-order chi connectivity index (χ1) is 23.8. The van der Waals surface area contributed by atoms with Crippen molar-refractivity contribution in [3.63, 3.8) is 0 Å². The average molecular weight is 620 g/mol. The largest absolute Gasteiger partial charge is 0.344 e. The highest BCUT2D eigenvalue weighted by atomic mass is 15.3. The van der Waals surface area contributed by atoms with Gasteiger partial charge in [-0.3, -0.25) is 4.57 Å². The number of allylic oxidation sites excluding steroid dienone is 4. The standard InChI is InChI=1S/C43H33N5/c1-3-13-28(14-4-1)41-44-42(29-15-5-2-6-16-29)46-43(45-41)48-39-22-12-9-19-35(39)36-26-30-23-24-32(25-31(30)27-40(36)48)47-37-20-10-7-17-33(37)34-18-8-11-21-38(34)47/h1-5,7,9-15,17,19-27,41H,6,8,16,18H2,(H,44,45,46). The summed E-state index contributed by atoms with van der Waals surface area (Å²) in [6.45, 7) is 0. The van der Waals surface area contributed by atoms with Crippen LogP contribution in [0.4, 0.5) is 0 Å². The Labute approximate surface area is 278 Å². The molecule has 3 aliphatic rings. The summed E-state index contributed by atoms with van der Waals surface area (Å²) in [4.78, 5) is 10.5. The number of fused-ring (bicyclic) bond motifs is 7. The Balaban J connectivity index is 1.21. The molecule has 1 atom stereocenters. The fourth-order valence-corrected chi connectivity index (χ4v) is 7.82. The molecule has 1 aliphatic heterocycles. The van der Waals surface area contributed by atoms with Crippen LogP contribution in [0.3, 0.4) is 0 Å². The van der Waals surface area contributed by atoms with Crippen molar-refractivity contribution in [2.75, 3.05) is 0 Å². The number of benzene rings is 5. The molecule has 0 spiro atoms. The average Bonchev–Trinajstić information content (AvgIpc) is 3.67. The summed E-state index contributed by atoms with van der Waals surface area (Å²) in [5.41, 5.74) is 9.70. The van der Waals surface area contributed by atoms with Crippen molar-refractivity contribution >= 4 is 61.4 Å². The molecule has 230 valence electrons. The summed E-state index contributed by atoms with van der Waals surface area (Å²) in [5.74, 6) is 1.59. The third-order valence-electron chi connectivity index (χ3n) is 10.1. The van der Waals surface area contributed by atoms with Gasteiger partial charge in [-0.15, -0.1) is 0 Å². The van der Waals surface area contributed by atoms with Gasteiger partial charge in [0.05, 0.1) is 16.6 Å². The topological polar surface area (TPSA) is 46.6 Å². The van der Waals surface area contributed by atoms with Gasteiger partial charge in [0.1, 0.15) is 12.0 Å². The van der Waals surface area contributed by atoms with Gasteiger partial charge in [-0.1, -0.05) is 97.1 Å². The first-order valence-corrected chi connectivity index (χ1v) is 16.9. The monoisotopic (exact) mass is 619 g/mol. The number of nitrogens with one attached hydrogen (secondary N) is 1. The molecule has 0 bridgehead atoms. The predicted molar refractivity (Wildman–Crippen MR) is 200 cm³/mol. The third kappa shape index (κ3) is 4.24. The summed E-state index contributed by atoms with van der Waals surface area (Å²) in [7, 11) is 0. The molecule has 5 nitrogen and oxygen atoms in total. The molecule has 3 heterocycles. The Kier molecular flexibility index (Phi) is 6.13. The normalized spacial score (nSPS) is 17.4. The molecular formula is C43H33N5. The zero-order valence-corrected chi connectivity index (χ0v) is 26.5. The number of hydrogen-bond acceptors (Lipinski definition) is 3. The molecule has 48 heavy (non-hydrogen) atoms. The van der Waals surface area contributed by atoms with Crippen LogP contribution in [-0.2, 0) is 6.42 Å². The van der Waals surface area contributed by atoms with E-state index in [2.05, 4.69) is 154 Å². The quantitative estimate of drug-likeness (QED) is 0.210. The van der Waals surface area contributed by atoms with Crippen LogP contribution in [-0.4, -0.2) is 20.9 Å². The molecule has 5 aromatic carbocycles. The lowest BCUT2D eigenvalue weighted by Gasteiger charge is -2.25. The van der Waals surface area contributed by atoms with Crippen LogP contribution in [0.1, 0.15) is 42.2 Å². The third-order valence-corrected chi connectivity index (χ3v) is 10.1. The van der Waals surface area contributed by atoms with Gasteiger partial charge in [0, 0.05) is 27.5 Å². The number of para-hydroxylation sites is 2. The van der Waals surface area contributed by atoms with E-state index in [0.29, 0.717) is 5.96 Å². The highest BCUT2D eigenvalue weighted by Crippen LogP contribution is 2.37. The lowest BCUT2D eigenvalue weighted by molar-refractivity contribution is 0.665. The van der Waals surface area contributed by atoms with Crippen molar-refractivity contribution < 1.29 is 0 Å². The maximum Gasteiger partial charge on any atom is 0.234 e. The Morgan fingerprint density at radius 1 is 0.646 bits per heavy atom. The number of aliphatic imine (C=N–C) groups is 2. The summed E-state index contributed by atoms with van der Waals surface area (Å²) < 4.78 is 4.70. The van der Waals surface area contributed by atoms with E-state index < -0.39 is 0 Å². The van der Waals surface area contributed by atoms with Crippen molar-refractivity contribution in [3.05, 3.63) is 156 Å². The number of hydrogen-bond donors (Lipinski definition) is 1. The van der Waals surface area contributed by atoms with Gasteiger partial charge in [0.2, 0.25) is 5.96 Å². The number of aromatic nitrogens is 2. The minimum Gasteiger partial charge on any atom is -0.344 e. The van der Waals surface area contributed by atoms with Crippen molar-refractivity contribution in [1.29, 1.82) is 0 Å². The van der Waals surface area contributed by atoms with E-state index in [1.54, 1.807) is 0 Å². The molecular weight excluding hydrogens is 587 g/mol. The highest BCUT2D eigenvalue weighted by Gasteiger charge is 2.25. The van der Waals surface area contributed by atoms with Gasteiger partial charge in [-0.25, -0.2) is 4.99 Å². The van der Waals surface area contributed by atoms with E-state index in [4.69, 9.17) is 9.98 Å². The second-order valence-corrected chi connectivity index (χ2v) is 12.9. The Morgan fingerprint density at radius 2 is 1.44 bits per heavy atom. The van der Waals surface area contributed by atoms with Crippen molar-refractivity contribution in [2.45, 2.75) is 31.8 Å². The van der Waals surface area contributed by atoms with E-state index >= 15 is 0 Å². The van der Waals surface area contributed by atoms with Crippen LogP contribution in [0.15, 0.2) is 149 Å². The Morgan fingerprint density at radius 3 is 2.29 bits per heavy atom. The predicted octanol–water partition coefficient (Wildman–Crippen LogP) is 10.0. The fourth-order valence-electron chi connectivity index (χ4n) is 7.82. The molecule has 0 amide bonds. The first kappa shape index (κ1) is 27.2. The zero-order valence-electron chi connectivity index (χ0n) is 26.5. The van der Waals surface area contributed by atoms with E-state index in [0.717, 1.165) is 48.1 Å². The minimum atomic E-state index is -0.245. The smallest absolute Gasteiger partial charge is 0.234 e. The van der Waals surface area contributed by atoms with Gasteiger partial charge in [0.15, 0.2) is 0 Å². The molecule has 0 fully saturated rings. The van der Waals surface area contributed by atoms with Gasteiger partial charge >= 0.3 is 0 Å². The van der Waals surface area contributed by atoms with Crippen LogP contribution >= 0.6 is 0 Å². The van der Waals surface area contributed by atoms with Crippen LogP contribution in [0, 0.1) is 0 Å². The summed E-state index contributed by atoms with van der Waals surface area (Å²) >= 11 is 0. The van der Waals surface area contributed by atoms with Gasteiger partial charge in [0.25, 0.3) is 0 Å². The molecule has 2 aromatic heterocycles. The fraction of sp³-hybridized carbons (Fsp3) is 0.116. The molecule has 0 saturated heterocycles. The number of rotatable bonds is 3. The van der Waals surface area contributed by atoms with Crippen molar-refractivity contribution in [1.82, 2.24) is 14.5 Å². The molecule has 10 rings (SSSR count). The first-order valence-electron chi connectivity index (χ1n) is 16.9. The van der Waals surface area contributed by atoms with Crippen molar-refractivity contribution in [2.24, 2.45) is 9.98 Å². The molecule has 0 saturated carbocycles.